The van der Waals surface area contributed by atoms with Gasteiger partial charge in [-0.25, -0.2) is 0 Å². The third-order valence-electron chi connectivity index (χ3n) is 5.26. The molecule has 0 aliphatic carbocycles. The summed E-state index contributed by atoms with van der Waals surface area (Å²) < 4.78 is 6.45. The van der Waals surface area contributed by atoms with Crippen molar-refractivity contribution in [2.75, 3.05) is 20.2 Å². The molecule has 2 aromatic carbocycles. The second kappa shape index (κ2) is 12.0. The van der Waals surface area contributed by atoms with Gasteiger partial charge in [-0.15, -0.1) is 21.5 Å². The van der Waals surface area contributed by atoms with Gasteiger partial charge >= 0.3 is 0 Å². The van der Waals surface area contributed by atoms with Crippen molar-refractivity contribution in [3.63, 3.8) is 0 Å². The summed E-state index contributed by atoms with van der Waals surface area (Å²) in [5, 5.41) is 13.6. The van der Waals surface area contributed by atoms with E-state index in [4.69, 9.17) is 4.74 Å². The molecule has 0 spiro atoms. The molecule has 3 rings (SSSR count). The fraction of sp³-hybridized carbons (Fsp3) is 0.375. The molecule has 1 atom stereocenters. The van der Waals surface area contributed by atoms with E-state index in [9.17, 15) is 14.9 Å². The molecular weight excluding hydrogens is 428 g/mol. The Bertz CT molecular complexity index is 1000. The summed E-state index contributed by atoms with van der Waals surface area (Å²) in [5.41, 5.74) is 0. The highest BCUT2D eigenvalue weighted by molar-refractivity contribution is 7.10. The standard InChI is InChI=1S/C24H28N2O5S/c1-25(24(27)14-3-2-6-17-30-26(28)29)16-15-22(23-13-8-18-32-23)31-21-12-7-10-19-9-4-5-11-20(19)21/h4-5,7-13,18,22H,2-3,6,14-17H2,1H3/t22-/m0/s1. The lowest BCUT2D eigenvalue weighted by Gasteiger charge is -2.23. The molecule has 0 aliphatic heterocycles. The predicted molar refractivity (Wildman–Crippen MR) is 125 cm³/mol. The number of carbonyl (C=O) groups excluding carboxylic acids is 1. The summed E-state index contributed by atoms with van der Waals surface area (Å²) in [4.78, 5) is 29.8. The zero-order valence-corrected chi connectivity index (χ0v) is 19.0. The highest BCUT2D eigenvalue weighted by atomic mass is 32.1. The van der Waals surface area contributed by atoms with E-state index in [0.717, 1.165) is 27.8 Å². The van der Waals surface area contributed by atoms with E-state index >= 15 is 0 Å². The summed E-state index contributed by atoms with van der Waals surface area (Å²) >= 11 is 1.65. The van der Waals surface area contributed by atoms with Crippen molar-refractivity contribution < 1.29 is 19.5 Å². The number of rotatable bonds is 13. The minimum atomic E-state index is -0.788. The molecule has 0 radical (unpaired) electrons. The molecule has 3 aromatic rings. The first-order valence-corrected chi connectivity index (χ1v) is 11.6. The molecule has 7 nitrogen and oxygen atoms in total. The average Bonchev–Trinajstić information content (AvgIpc) is 3.33. The Hall–Kier alpha value is -3.13. The van der Waals surface area contributed by atoms with Gasteiger partial charge in [-0.3, -0.25) is 4.79 Å². The van der Waals surface area contributed by atoms with Gasteiger partial charge in [0.25, 0.3) is 5.09 Å². The molecule has 0 N–H and O–H groups in total. The number of hydrogen-bond acceptors (Lipinski definition) is 6. The largest absolute Gasteiger partial charge is 0.484 e. The van der Waals surface area contributed by atoms with Crippen molar-refractivity contribution in [3.05, 3.63) is 75.0 Å². The molecule has 32 heavy (non-hydrogen) atoms. The summed E-state index contributed by atoms with van der Waals surface area (Å²) in [6.45, 7) is 0.654. The topological polar surface area (TPSA) is 81.9 Å². The fourth-order valence-electron chi connectivity index (χ4n) is 3.51. The SMILES string of the molecule is CN(CC[C@H](Oc1cccc2ccccc12)c1cccs1)C(=O)CCCCCO[N+](=O)[O-]. The normalized spacial score (nSPS) is 11.8. The number of nitrogens with zero attached hydrogens (tertiary/aromatic N) is 2. The first kappa shape index (κ1) is 23.5. The maximum atomic E-state index is 12.5. The Morgan fingerprint density at radius 1 is 1.09 bits per heavy atom. The fourth-order valence-corrected chi connectivity index (χ4v) is 4.30. The molecule has 8 heteroatoms. The highest BCUT2D eigenvalue weighted by Gasteiger charge is 2.18. The van der Waals surface area contributed by atoms with Crippen LogP contribution in [0.3, 0.4) is 0 Å². The molecule has 0 saturated carbocycles. The minimum absolute atomic E-state index is 0.0651. The van der Waals surface area contributed by atoms with Crippen molar-refractivity contribution in [1.82, 2.24) is 4.90 Å². The Balaban J connectivity index is 1.54. The van der Waals surface area contributed by atoms with E-state index in [2.05, 4.69) is 29.1 Å². The Morgan fingerprint density at radius 3 is 2.69 bits per heavy atom. The number of benzene rings is 2. The van der Waals surface area contributed by atoms with Gasteiger partial charge < -0.3 is 14.5 Å². The first-order valence-electron chi connectivity index (χ1n) is 10.7. The van der Waals surface area contributed by atoms with E-state index < -0.39 is 5.09 Å². The van der Waals surface area contributed by atoms with Crippen LogP contribution in [0.4, 0.5) is 0 Å². The summed E-state index contributed by atoms with van der Waals surface area (Å²) in [7, 11) is 1.81. The minimum Gasteiger partial charge on any atom is -0.484 e. The van der Waals surface area contributed by atoms with E-state index in [1.165, 1.54) is 0 Å². The van der Waals surface area contributed by atoms with Gasteiger partial charge in [0.1, 0.15) is 11.9 Å². The second-order valence-corrected chi connectivity index (χ2v) is 8.55. The molecule has 0 bridgehead atoms. The second-order valence-electron chi connectivity index (χ2n) is 7.57. The van der Waals surface area contributed by atoms with Crippen LogP contribution in [0.5, 0.6) is 5.75 Å². The van der Waals surface area contributed by atoms with Crippen molar-refractivity contribution in [3.8, 4) is 5.75 Å². The molecule has 1 amide bonds. The maximum absolute atomic E-state index is 12.5. The van der Waals surface area contributed by atoms with E-state index in [0.29, 0.717) is 32.2 Å². The van der Waals surface area contributed by atoms with Crippen LogP contribution >= 0.6 is 11.3 Å². The predicted octanol–water partition coefficient (Wildman–Crippen LogP) is 5.64. The number of unbranched alkanes of at least 4 members (excludes halogenated alkanes) is 2. The van der Waals surface area contributed by atoms with Gasteiger partial charge in [0.15, 0.2) is 0 Å². The van der Waals surface area contributed by atoms with Gasteiger partial charge in [-0.1, -0.05) is 48.9 Å². The molecule has 1 heterocycles. The lowest BCUT2D eigenvalue weighted by atomic mass is 10.1. The molecule has 0 fully saturated rings. The van der Waals surface area contributed by atoms with Crippen LogP contribution < -0.4 is 4.74 Å². The van der Waals surface area contributed by atoms with Crippen LogP contribution in [0.15, 0.2) is 60.0 Å². The van der Waals surface area contributed by atoms with Crippen LogP contribution in [0.1, 0.15) is 43.1 Å². The number of carbonyl (C=O) groups is 1. The van der Waals surface area contributed by atoms with Gasteiger partial charge in [-0.05, 0) is 35.7 Å². The third-order valence-corrected chi connectivity index (χ3v) is 6.23. The summed E-state index contributed by atoms with van der Waals surface area (Å²) in [5.74, 6) is 0.905. The Morgan fingerprint density at radius 2 is 1.91 bits per heavy atom. The first-order chi connectivity index (χ1) is 15.5. The molecule has 1 aromatic heterocycles. The third kappa shape index (κ3) is 6.95. The highest BCUT2D eigenvalue weighted by Crippen LogP contribution is 2.32. The van der Waals surface area contributed by atoms with Crippen LogP contribution in [0.2, 0.25) is 0 Å². The smallest absolute Gasteiger partial charge is 0.294 e. The lowest BCUT2D eigenvalue weighted by Crippen LogP contribution is -2.29. The van der Waals surface area contributed by atoms with Crippen molar-refractivity contribution in [2.45, 2.75) is 38.2 Å². The average molecular weight is 457 g/mol. The number of fused-ring (bicyclic) bond motifs is 1. The van der Waals surface area contributed by atoms with Gasteiger partial charge in [0.2, 0.25) is 5.91 Å². The van der Waals surface area contributed by atoms with Crippen LogP contribution in [0.25, 0.3) is 10.8 Å². The number of ether oxygens (including phenoxy) is 1. The van der Waals surface area contributed by atoms with Crippen LogP contribution in [-0.2, 0) is 9.63 Å². The molecule has 0 aliphatic rings. The molecule has 0 unspecified atom stereocenters. The van der Waals surface area contributed by atoms with Crippen molar-refractivity contribution in [2.24, 2.45) is 0 Å². The summed E-state index contributed by atoms with van der Waals surface area (Å²) in [6.07, 6.45) is 2.93. The van der Waals surface area contributed by atoms with Gasteiger partial charge in [0.05, 0.1) is 6.61 Å². The lowest BCUT2D eigenvalue weighted by molar-refractivity contribution is -0.757. The van der Waals surface area contributed by atoms with Crippen LogP contribution in [0, 0.1) is 10.1 Å². The van der Waals surface area contributed by atoms with E-state index in [1.807, 2.05) is 42.8 Å². The number of amides is 1. The molecule has 170 valence electrons. The van der Waals surface area contributed by atoms with E-state index in [-0.39, 0.29) is 18.6 Å². The number of thiophene rings is 1. The van der Waals surface area contributed by atoms with E-state index in [1.54, 1.807) is 16.2 Å². The molecule has 0 saturated heterocycles. The Labute approximate surface area is 191 Å². The monoisotopic (exact) mass is 456 g/mol. The van der Waals surface area contributed by atoms with Gasteiger partial charge in [0, 0.05) is 36.7 Å². The van der Waals surface area contributed by atoms with Gasteiger partial charge in [-0.2, -0.15) is 0 Å². The van der Waals surface area contributed by atoms with Crippen molar-refractivity contribution in [1.29, 1.82) is 0 Å². The molecular formula is C24H28N2O5S. The quantitative estimate of drug-likeness (QED) is 0.189. The zero-order valence-electron chi connectivity index (χ0n) is 18.1. The van der Waals surface area contributed by atoms with Crippen LogP contribution in [-0.4, -0.2) is 36.1 Å². The summed E-state index contributed by atoms with van der Waals surface area (Å²) in [6, 6.07) is 18.3. The number of hydrogen-bond donors (Lipinski definition) is 0. The maximum Gasteiger partial charge on any atom is 0.294 e. The van der Waals surface area contributed by atoms with Crippen molar-refractivity contribution >= 4 is 28.0 Å². The Kier molecular flexibility index (Phi) is 8.86. The zero-order chi connectivity index (χ0) is 22.8.